The molecule has 2 aliphatic carbocycles. The Labute approximate surface area is 130 Å². The molecule has 2 saturated carbocycles. The van der Waals surface area contributed by atoms with Crippen molar-refractivity contribution in [3.63, 3.8) is 0 Å². The van der Waals surface area contributed by atoms with Gasteiger partial charge >= 0.3 is 0 Å². The summed E-state index contributed by atoms with van der Waals surface area (Å²) in [5, 5.41) is 2.99. The van der Waals surface area contributed by atoms with Gasteiger partial charge in [-0.2, -0.15) is 0 Å². The third-order valence-electron chi connectivity index (χ3n) is 4.63. The van der Waals surface area contributed by atoms with Gasteiger partial charge in [-0.05, 0) is 25.7 Å². The van der Waals surface area contributed by atoms with E-state index in [1.54, 1.807) is 19.0 Å². The van der Waals surface area contributed by atoms with E-state index in [1.165, 1.54) is 6.39 Å². The highest BCUT2D eigenvalue weighted by Crippen LogP contribution is 2.41. The molecule has 0 radical (unpaired) electrons. The van der Waals surface area contributed by atoms with Gasteiger partial charge in [-0.15, -0.1) is 0 Å². The second-order valence-electron chi connectivity index (χ2n) is 6.64. The number of nitrogens with one attached hydrogen (secondary N) is 1. The lowest BCUT2D eigenvalue weighted by Crippen LogP contribution is -2.59. The van der Waals surface area contributed by atoms with Gasteiger partial charge in [0.1, 0.15) is 11.3 Å². The monoisotopic (exact) mass is 305 g/mol. The molecule has 0 aliphatic heterocycles. The fourth-order valence-electron chi connectivity index (χ4n) is 3.31. The first-order valence-electron chi connectivity index (χ1n) is 8.01. The molecule has 0 spiro atoms. The molecule has 120 valence electrons. The molecule has 6 nitrogen and oxygen atoms in total. The number of carbonyl (C=O) groups is 2. The van der Waals surface area contributed by atoms with Gasteiger partial charge in [-0.1, -0.05) is 19.3 Å². The summed E-state index contributed by atoms with van der Waals surface area (Å²) >= 11 is 0. The molecule has 0 unspecified atom stereocenters. The molecule has 2 aliphatic rings. The zero-order valence-electron chi connectivity index (χ0n) is 13.2. The van der Waals surface area contributed by atoms with Crippen molar-refractivity contribution in [3.05, 3.63) is 17.8 Å². The standard InChI is InChI=1S/C16H23N3O3/c1-19(2)15(21)16(8-4-3-5-9-16)18-14(20)12-13(11-6-7-11)22-10-17-12/h10-11H,3-9H2,1-2H3,(H,18,20). The largest absolute Gasteiger partial charge is 0.447 e. The van der Waals surface area contributed by atoms with Crippen LogP contribution in [0.4, 0.5) is 0 Å². The van der Waals surface area contributed by atoms with Crippen LogP contribution in [0.1, 0.15) is 67.1 Å². The highest BCUT2D eigenvalue weighted by atomic mass is 16.3. The second-order valence-corrected chi connectivity index (χ2v) is 6.64. The van der Waals surface area contributed by atoms with Crippen LogP contribution in [0.5, 0.6) is 0 Å². The van der Waals surface area contributed by atoms with Crippen LogP contribution >= 0.6 is 0 Å². The molecule has 6 heteroatoms. The molecule has 1 aromatic heterocycles. The molecule has 22 heavy (non-hydrogen) atoms. The molecule has 2 amide bonds. The van der Waals surface area contributed by atoms with E-state index in [0.717, 1.165) is 32.1 Å². The smallest absolute Gasteiger partial charge is 0.274 e. The Kier molecular flexibility index (Phi) is 3.93. The first-order valence-corrected chi connectivity index (χ1v) is 8.01. The van der Waals surface area contributed by atoms with Crippen molar-refractivity contribution >= 4 is 11.8 Å². The third-order valence-corrected chi connectivity index (χ3v) is 4.63. The number of hydrogen-bond acceptors (Lipinski definition) is 4. The molecule has 1 heterocycles. The maximum absolute atomic E-state index is 12.7. The van der Waals surface area contributed by atoms with Gasteiger partial charge < -0.3 is 14.6 Å². The summed E-state index contributed by atoms with van der Waals surface area (Å²) in [4.78, 5) is 30.9. The Balaban J connectivity index is 1.82. The van der Waals surface area contributed by atoms with E-state index < -0.39 is 5.54 Å². The van der Waals surface area contributed by atoms with Gasteiger partial charge in [0.05, 0.1) is 0 Å². The quantitative estimate of drug-likeness (QED) is 0.924. The normalized spacial score (nSPS) is 20.5. The van der Waals surface area contributed by atoms with Crippen LogP contribution < -0.4 is 5.32 Å². The summed E-state index contributed by atoms with van der Waals surface area (Å²) < 4.78 is 5.37. The number of amides is 2. The Morgan fingerprint density at radius 1 is 1.27 bits per heavy atom. The van der Waals surface area contributed by atoms with Gasteiger partial charge in [0.25, 0.3) is 5.91 Å². The fraction of sp³-hybridized carbons (Fsp3) is 0.688. The number of rotatable bonds is 4. The maximum Gasteiger partial charge on any atom is 0.274 e. The zero-order valence-corrected chi connectivity index (χ0v) is 13.2. The number of aromatic nitrogens is 1. The van der Waals surface area contributed by atoms with Crippen molar-refractivity contribution in [1.82, 2.24) is 15.2 Å². The van der Waals surface area contributed by atoms with Crippen LogP contribution in [0.2, 0.25) is 0 Å². The fourth-order valence-corrected chi connectivity index (χ4v) is 3.31. The van der Waals surface area contributed by atoms with Crippen molar-refractivity contribution in [2.75, 3.05) is 14.1 Å². The topological polar surface area (TPSA) is 75.4 Å². The van der Waals surface area contributed by atoms with Crippen LogP contribution in [0.3, 0.4) is 0 Å². The Bertz CT molecular complexity index is 569. The number of oxazole rings is 1. The molecule has 1 N–H and O–H groups in total. The summed E-state index contributed by atoms with van der Waals surface area (Å²) in [6.45, 7) is 0. The number of carbonyl (C=O) groups excluding carboxylic acids is 2. The molecule has 1 aromatic rings. The molecule has 0 atom stereocenters. The number of nitrogens with zero attached hydrogens (tertiary/aromatic N) is 2. The highest BCUT2D eigenvalue weighted by molar-refractivity contribution is 5.98. The molecule has 3 rings (SSSR count). The van der Waals surface area contributed by atoms with Gasteiger partial charge in [0.15, 0.2) is 12.1 Å². The first-order chi connectivity index (χ1) is 10.5. The van der Waals surface area contributed by atoms with Crippen molar-refractivity contribution < 1.29 is 14.0 Å². The van der Waals surface area contributed by atoms with Crippen molar-refractivity contribution in [2.45, 2.75) is 56.4 Å². The average Bonchev–Trinajstić information content (AvgIpc) is 3.24. The number of hydrogen-bond donors (Lipinski definition) is 1. The molecular weight excluding hydrogens is 282 g/mol. The van der Waals surface area contributed by atoms with Crippen LogP contribution in [0.15, 0.2) is 10.8 Å². The van der Waals surface area contributed by atoms with Crippen LogP contribution in [-0.2, 0) is 4.79 Å². The molecule has 0 saturated heterocycles. The van der Waals surface area contributed by atoms with Gasteiger partial charge in [0, 0.05) is 20.0 Å². The van der Waals surface area contributed by atoms with Crippen LogP contribution in [-0.4, -0.2) is 41.3 Å². The van der Waals surface area contributed by atoms with E-state index in [4.69, 9.17) is 4.42 Å². The van der Waals surface area contributed by atoms with E-state index in [0.29, 0.717) is 30.2 Å². The van der Waals surface area contributed by atoms with Gasteiger partial charge in [-0.3, -0.25) is 9.59 Å². The maximum atomic E-state index is 12.7. The summed E-state index contributed by atoms with van der Waals surface area (Å²) in [6, 6.07) is 0. The van der Waals surface area contributed by atoms with Crippen molar-refractivity contribution in [2.24, 2.45) is 0 Å². The molecular formula is C16H23N3O3. The van der Waals surface area contributed by atoms with Crippen LogP contribution in [0, 0.1) is 0 Å². The first kappa shape index (κ1) is 15.1. The number of likely N-dealkylation sites (N-methyl/N-ethyl adjacent to an activating group) is 1. The minimum atomic E-state index is -0.793. The summed E-state index contributed by atoms with van der Waals surface area (Å²) in [5.41, 5.74) is -0.447. The summed E-state index contributed by atoms with van der Waals surface area (Å²) in [6.07, 6.45) is 7.79. The van der Waals surface area contributed by atoms with E-state index >= 15 is 0 Å². The molecule has 2 fully saturated rings. The Morgan fingerprint density at radius 3 is 2.55 bits per heavy atom. The van der Waals surface area contributed by atoms with E-state index in [9.17, 15) is 9.59 Å². The van der Waals surface area contributed by atoms with E-state index in [2.05, 4.69) is 10.3 Å². The van der Waals surface area contributed by atoms with E-state index in [-0.39, 0.29) is 11.8 Å². The molecule has 0 aromatic carbocycles. The molecule has 0 bridgehead atoms. The predicted octanol–water partition coefficient (Wildman–Crippen LogP) is 2.07. The van der Waals surface area contributed by atoms with Crippen molar-refractivity contribution in [3.8, 4) is 0 Å². The summed E-state index contributed by atoms with van der Waals surface area (Å²) in [7, 11) is 3.47. The lowest BCUT2D eigenvalue weighted by atomic mass is 9.80. The minimum Gasteiger partial charge on any atom is -0.447 e. The lowest BCUT2D eigenvalue weighted by Gasteiger charge is -2.38. The lowest BCUT2D eigenvalue weighted by molar-refractivity contribution is -0.136. The van der Waals surface area contributed by atoms with E-state index in [1.807, 2.05) is 0 Å². The Morgan fingerprint density at radius 2 is 1.95 bits per heavy atom. The van der Waals surface area contributed by atoms with Gasteiger partial charge in [-0.25, -0.2) is 4.98 Å². The second kappa shape index (κ2) is 5.74. The predicted molar refractivity (Wildman–Crippen MR) is 80.5 cm³/mol. The summed E-state index contributed by atoms with van der Waals surface area (Å²) in [5.74, 6) is 0.667. The third kappa shape index (κ3) is 2.74. The van der Waals surface area contributed by atoms with Gasteiger partial charge in [0.2, 0.25) is 5.91 Å². The highest BCUT2D eigenvalue weighted by Gasteiger charge is 2.43. The Hall–Kier alpha value is -1.85. The van der Waals surface area contributed by atoms with Crippen molar-refractivity contribution in [1.29, 1.82) is 0 Å². The minimum absolute atomic E-state index is 0.0305. The SMILES string of the molecule is CN(C)C(=O)C1(NC(=O)c2ncoc2C2CC2)CCCCC1. The average molecular weight is 305 g/mol. The van der Waals surface area contributed by atoms with Crippen LogP contribution in [0.25, 0.3) is 0 Å². The zero-order chi connectivity index (χ0) is 15.7.